The minimum atomic E-state index is 0.246. The number of rotatable bonds is 2. The Labute approximate surface area is 87.5 Å². The molecule has 0 heterocycles. The average Bonchev–Trinajstić information content (AvgIpc) is 2.83. The Balaban J connectivity index is 2.27. The van der Waals surface area contributed by atoms with Crippen LogP contribution in [0.4, 0.5) is 0 Å². The smallest absolute Gasteiger partial charge is 0.0324 e. The highest BCUT2D eigenvalue weighted by Crippen LogP contribution is 2.40. The van der Waals surface area contributed by atoms with Gasteiger partial charge in [0.2, 0.25) is 0 Å². The third-order valence-corrected chi connectivity index (χ3v) is 3.04. The fourth-order valence-corrected chi connectivity index (χ4v) is 2.31. The molecule has 1 fully saturated rings. The third kappa shape index (κ3) is 2.12. The maximum absolute atomic E-state index is 6.12. The molecule has 0 amide bonds. The maximum atomic E-state index is 6.12. The molecular formula is C11H14BrN. The van der Waals surface area contributed by atoms with Gasteiger partial charge in [-0.3, -0.25) is 0 Å². The molecule has 0 aliphatic heterocycles. The predicted molar refractivity (Wildman–Crippen MR) is 58.5 cm³/mol. The van der Waals surface area contributed by atoms with E-state index in [2.05, 4.69) is 41.1 Å². The largest absolute Gasteiger partial charge is 0.324 e. The summed E-state index contributed by atoms with van der Waals surface area (Å²) in [5, 5.41) is 0. The molecule has 1 atom stereocenters. The molecule has 2 rings (SSSR count). The van der Waals surface area contributed by atoms with Gasteiger partial charge in [-0.2, -0.15) is 0 Å². The first-order chi connectivity index (χ1) is 6.16. The van der Waals surface area contributed by atoms with Gasteiger partial charge < -0.3 is 5.73 Å². The second-order valence-corrected chi connectivity index (χ2v) is 4.84. The van der Waals surface area contributed by atoms with Crippen molar-refractivity contribution in [3.05, 3.63) is 33.8 Å². The van der Waals surface area contributed by atoms with Gasteiger partial charge in [-0.15, -0.1) is 0 Å². The highest BCUT2D eigenvalue weighted by molar-refractivity contribution is 9.10. The minimum absolute atomic E-state index is 0.246. The van der Waals surface area contributed by atoms with Crippen LogP contribution in [-0.2, 0) is 0 Å². The van der Waals surface area contributed by atoms with E-state index in [9.17, 15) is 0 Å². The first-order valence-corrected chi connectivity index (χ1v) is 5.49. The Bertz CT molecular complexity index is 298. The molecule has 1 aliphatic rings. The maximum Gasteiger partial charge on any atom is 0.0324 e. The van der Waals surface area contributed by atoms with Gasteiger partial charge in [-0.05, 0) is 48.9 Å². The normalized spacial score (nSPS) is 18.7. The molecule has 1 saturated carbocycles. The first kappa shape index (κ1) is 9.22. The van der Waals surface area contributed by atoms with Crippen LogP contribution in [-0.4, -0.2) is 0 Å². The highest BCUT2D eigenvalue weighted by atomic mass is 79.9. The fraction of sp³-hybridized carbons (Fsp3) is 0.455. The summed E-state index contributed by atoms with van der Waals surface area (Å²) in [6, 6.07) is 6.68. The Hall–Kier alpha value is -0.340. The van der Waals surface area contributed by atoms with Crippen molar-refractivity contribution in [1.29, 1.82) is 0 Å². The Morgan fingerprint density at radius 3 is 2.62 bits per heavy atom. The van der Waals surface area contributed by atoms with Crippen molar-refractivity contribution in [1.82, 2.24) is 0 Å². The van der Waals surface area contributed by atoms with Crippen molar-refractivity contribution in [2.45, 2.75) is 25.8 Å². The van der Waals surface area contributed by atoms with E-state index < -0.39 is 0 Å². The molecule has 0 radical (unpaired) electrons. The standard InChI is InChI=1S/C11H14BrN/c1-7-4-9(6-10(12)5-7)11(13)8-2-3-8/h4-6,8,11H,2-3,13H2,1H3. The van der Waals surface area contributed by atoms with Crippen LogP contribution in [0.2, 0.25) is 0 Å². The second-order valence-electron chi connectivity index (χ2n) is 3.93. The molecule has 0 aromatic heterocycles. The van der Waals surface area contributed by atoms with E-state index >= 15 is 0 Å². The van der Waals surface area contributed by atoms with E-state index in [0.717, 1.165) is 10.4 Å². The molecule has 1 aromatic rings. The predicted octanol–water partition coefficient (Wildman–Crippen LogP) is 3.17. The number of hydrogen-bond acceptors (Lipinski definition) is 1. The lowest BCUT2D eigenvalue weighted by Gasteiger charge is -2.11. The van der Waals surface area contributed by atoms with E-state index in [1.807, 2.05) is 0 Å². The quantitative estimate of drug-likeness (QED) is 0.844. The van der Waals surface area contributed by atoms with Crippen molar-refractivity contribution < 1.29 is 0 Å². The summed E-state index contributed by atoms with van der Waals surface area (Å²) >= 11 is 3.50. The van der Waals surface area contributed by atoms with Crippen LogP contribution < -0.4 is 5.73 Å². The molecule has 1 nitrogen and oxygen atoms in total. The molecule has 13 heavy (non-hydrogen) atoms. The minimum Gasteiger partial charge on any atom is -0.324 e. The topological polar surface area (TPSA) is 26.0 Å². The zero-order valence-corrected chi connectivity index (χ0v) is 9.34. The number of aryl methyl sites for hydroxylation is 1. The SMILES string of the molecule is Cc1cc(Br)cc(C(N)C2CC2)c1. The van der Waals surface area contributed by atoms with E-state index in [0.29, 0.717) is 0 Å². The lowest BCUT2D eigenvalue weighted by molar-refractivity contribution is 0.632. The summed E-state index contributed by atoms with van der Waals surface area (Å²) < 4.78 is 1.14. The zero-order valence-electron chi connectivity index (χ0n) is 7.76. The molecule has 2 N–H and O–H groups in total. The Kier molecular flexibility index (Phi) is 2.43. The van der Waals surface area contributed by atoms with Crippen LogP contribution in [0.5, 0.6) is 0 Å². The van der Waals surface area contributed by atoms with Crippen molar-refractivity contribution in [2.75, 3.05) is 0 Å². The van der Waals surface area contributed by atoms with E-state index in [1.165, 1.54) is 24.0 Å². The zero-order chi connectivity index (χ0) is 9.42. The van der Waals surface area contributed by atoms with Gasteiger partial charge in [0.25, 0.3) is 0 Å². The van der Waals surface area contributed by atoms with E-state index in [-0.39, 0.29) is 6.04 Å². The molecule has 2 heteroatoms. The summed E-state index contributed by atoms with van der Waals surface area (Å²) in [4.78, 5) is 0. The Morgan fingerprint density at radius 2 is 2.08 bits per heavy atom. The summed E-state index contributed by atoms with van der Waals surface area (Å²) in [6.45, 7) is 2.11. The summed E-state index contributed by atoms with van der Waals surface area (Å²) in [7, 11) is 0. The van der Waals surface area contributed by atoms with Crippen LogP contribution in [0.25, 0.3) is 0 Å². The van der Waals surface area contributed by atoms with E-state index in [4.69, 9.17) is 5.73 Å². The number of hydrogen-bond donors (Lipinski definition) is 1. The molecule has 0 saturated heterocycles. The molecule has 1 aliphatic carbocycles. The van der Waals surface area contributed by atoms with Crippen LogP contribution in [0, 0.1) is 12.8 Å². The van der Waals surface area contributed by atoms with Gasteiger partial charge in [-0.1, -0.05) is 22.0 Å². The monoisotopic (exact) mass is 239 g/mol. The van der Waals surface area contributed by atoms with Crippen LogP contribution in [0.3, 0.4) is 0 Å². The van der Waals surface area contributed by atoms with Crippen molar-refractivity contribution >= 4 is 15.9 Å². The molecular weight excluding hydrogens is 226 g/mol. The summed E-state index contributed by atoms with van der Waals surface area (Å²) in [5.74, 6) is 0.730. The van der Waals surface area contributed by atoms with Gasteiger partial charge in [-0.25, -0.2) is 0 Å². The molecule has 0 bridgehead atoms. The van der Waals surface area contributed by atoms with Crippen molar-refractivity contribution in [2.24, 2.45) is 11.7 Å². The van der Waals surface area contributed by atoms with Crippen LogP contribution in [0.15, 0.2) is 22.7 Å². The van der Waals surface area contributed by atoms with Crippen molar-refractivity contribution in [3.8, 4) is 0 Å². The van der Waals surface area contributed by atoms with Gasteiger partial charge in [0, 0.05) is 10.5 Å². The summed E-state index contributed by atoms with van der Waals surface area (Å²) in [5.41, 5.74) is 8.67. The fourth-order valence-electron chi connectivity index (χ4n) is 1.68. The van der Waals surface area contributed by atoms with Gasteiger partial charge in [0.15, 0.2) is 0 Å². The third-order valence-electron chi connectivity index (χ3n) is 2.58. The first-order valence-electron chi connectivity index (χ1n) is 4.69. The molecule has 0 spiro atoms. The average molecular weight is 240 g/mol. The van der Waals surface area contributed by atoms with Gasteiger partial charge in [0.05, 0.1) is 0 Å². The lowest BCUT2D eigenvalue weighted by Crippen LogP contribution is -2.12. The van der Waals surface area contributed by atoms with Crippen molar-refractivity contribution in [3.63, 3.8) is 0 Å². The van der Waals surface area contributed by atoms with Gasteiger partial charge >= 0.3 is 0 Å². The van der Waals surface area contributed by atoms with Crippen LogP contribution in [0.1, 0.15) is 30.0 Å². The number of halogens is 1. The molecule has 1 aromatic carbocycles. The van der Waals surface area contributed by atoms with Gasteiger partial charge in [0.1, 0.15) is 0 Å². The molecule has 70 valence electrons. The number of nitrogens with two attached hydrogens (primary N) is 1. The molecule has 1 unspecified atom stereocenters. The highest BCUT2D eigenvalue weighted by Gasteiger charge is 2.29. The number of benzene rings is 1. The van der Waals surface area contributed by atoms with Crippen LogP contribution >= 0.6 is 15.9 Å². The van der Waals surface area contributed by atoms with E-state index in [1.54, 1.807) is 0 Å². The Morgan fingerprint density at radius 1 is 1.38 bits per heavy atom. The lowest BCUT2D eigenvalue weighted by atomic mass is 10.0. The summed E-state index contributed by atoms with van der Waals surface area (Å²) in [6.07, 6.45) is 2.60. The second kappa shape index (κ2) is 3.43.